The molecule has 4 aromatic rings. The van der Waals surface area contributed by atoms with Gasteiger partial charge in [-0.15, -0.1) is 0 Å². The van der Waals surface area contributed by atoms with Crippen molar-refractivity contribution in [2.75, 3.05) is 29.9 Å². The van der Waals surface area contributed by atoms with Crippen molar-refractivity contribution in [3.8, 4) is 0 Å². The van der Waals surface area contributed by atoms with Crippen LogP contribution in [0, 0.1) is 12.7 Å². The lowest BCUT2D eigenvalue weighted by molar-refractivity contribution is 0.102. The largest absolute Gasteiger partial charge is 0.355 e. The average molecular weight is 438 g/mol. The van der Waals surface area contributed by atoms with Crippen molar-refractivity contribution >= 4 is 44.7 Å². The number of carbonyl (C=O) groups excluding carboxylic acids is 1. The smallest absolute Gasteiger partial charge is 0.284 e. The first-order valence-electron chi connectivity index (χ1n) is 10.2. The van der Waals surface area contributed by atoms with E-state index < -0.39 is 5.82 Å². The van der Waals surface area contributed by atoms with Gasteiger partial charge in [0.1, 0.15) is 16.2 Å². The Morgan fingerprint density at radius 3 is 2.90 bits per heavy atom. The SMILES string of the molecule is Cc1cn2cc(NC(=O)c3nc4ccc(N5CC[C@@]6(CCN6)C5)nc4s3)cc(F)c2n1. The van der Waals surface area contributed by atoms with Crippen molar-refractivity contribution in [2.45, 2.75) is 25.3 Å². The quantitative estimate of drug-likeness (QED) is 0.512. The highest BCUT2D eigenvalue weighted by molar-refractivity contribution is 7.20. The van der Waals surface area contributed by atoms with Crippen molar-refractivity contribution in [1.29, 1.82) is 0 Å². The van der Waals surface area contributed by atoms with Gasteiger partial charge in [-0.3, -0.25) is 4.79 Å². The Morgan fingerprint density at radius 2 is 2.13 bits per heavy atom. The fourth-order valence-corrected chi connectivity index (χ4v) is 5.24. The van der Waals surface area contributed by atoms with E-state index in [2.05, 4.69) is 25.5 Å². The molecule has 2 aliphatic rings. The summed E-state index contributed by atoms with van der Waals surface area (Å²) in [6, 6.07) is 5.14. The van der Waals surface area contributed by atoms with Crippen molar-refractivity contribution in [2.24, 2.45) is 0 Å². The summed E-state index contributed by atoms with van der Waals surface area (Å²) in [5.74, 6) is 0.0291. The van der Waals surface area contributed by atoms with Crippen LogP contribution in [0.2, 0.25) is 0 Å². The van der Waals surface area contributed by atoms with Crippen LogP contribution in [0.1, 0.15) is 28.3 Å². The van der Waals surface area contributed by atoms with Crippen molar-refractivity contribution < 1.29 is 9.18 Å². The first-order chi connectivity index (χ1) is 15.0. The zero-order valence-corrected chi connectivity index (χ0v) is 17.7. The molecule has 31 heavy (non-hydrogen) atoms. The molecule has 1 spiro atoms. The zero-order valence-electron chi connectivity index (χ0n) is 16.9. The Morgan fingerprint density at radius 1 is 1.26 bits per heavy atom. The van der Waals surface area contributed by atoms with Gasteiger partial charge in [0.05, 0.1) is 11.4 Å². The molecule has 8 nitrogen and oxygen atoms in total. The van der Waals surface area contributed by atoms with E-state index in [9.17, 15) is 9.18 Å². The minimum absolute atomic E-state index is 0.230. The Hall–Kier alpha value is -3.11. The number of thiazole rings is 1. The highest BCUT2D eigenvalue weighted by Crippen LogP contribution is 2.33. The first-order valence-corrected chi connectivity index (χ1v) is 11.0. The molecule has 0 aromatic carbocycles. The fraction of sp³-hybridized carbons (Fsp3) is 0.333. The van der Waals surface area contributed by atoms with Gasteiger partial charge in [0.2, 0.25) is 0 Å². The van der Waals surface area contributed by atoms with Gasteiger partial charge in [-0.1, -0.05) is 11.3 Å². The second-order valence-electron chi connectivity index (χ2n) is 8.29. The molecule has 6 heterocycles. The number of fused-ring (bicyclic) bond motifs is 2. The van der Waals surface area contributed by atoms with Crippen LogP contribution in [-0.4, -0.2) is 50.4 Å². The molecule has 158 valence electrons. The number of amides is 1. The maximum Gasteiger partial charge on any atom is 0.284 e. The second-order valence-corrected chi connectivity index (χ2v) is 9.26. The van der Waals surface area contributed by atoms with Gasteiger partial charge in [0, 0.05) is 37.1 Å². The third-order valence-electron chi connectivity index (χ3n) is 6.10. The topological polar surface area (TPSA) is 87.5 Å². The molecular formula is C21H20FN7OS. The summed E-state index contributed by atoms with van der Waals surface area (Å²) in [6.07, 6.45) is 5.68. The Labute approximate surface area is 181 Å². The summed E-state index contributed by atoms with van der Waals surface area (Å²) >= 11 is 1.24. The van der Waals surface area contributed by atoms with E-state index >= 15 is 0 Å². The van der Waals surface area contributed by atoms with Gasteiger partial charge in [-0.2, -0.15) is 0 Å². The van der Waals surface area contributed by atoms with Gasteiger partial charge >= 0.3 is 0 Å². The van der Waals surface area contributed by atoms with Crippen LogP contribution in [0.4, 0.5) is 15.9 Å². The van der Waals surface area contributed by atoms with Gasteiger partial charge in [-0.05, 0) is 38.4 Å². The zero-order chi connectivity index (χ0) is 21.2. The Balaban J connectivity index is 1.24. The normalized spacial score (nSPS) is 20.6. The number of carbonyl (C=O) groups is 1. The molecule has 4 aromatic heterocycles. The lowest BCUT2D eigenvalue weighted by Crippen LogP contribution is -2.58. The predicted molar refractivity (Wildman–Crippen MR) is 117 cm³/mol. The van der Waals surface area contributed by atoms with Crippen LogP contribution in [0.3, 0.4) is 0 Å². The van der Waals surface area contributed by atoms with E-state index in [0.29, 0.717) is 21.9 Å². The van der Waals surface area contributed by atoms with Crippen LogP contribution in [-0.2, 0) is 0 Å². The number of hydrogen-bond donors (Lipinski definition) is 2. The minimum Gasteiger partial charge on any atom is -0.355 e. The maximum atomic E-state index is 14.3. The predicted octanol–water partition coefficient (Wildman–Crippen LogP) is 2.98. The molecular weight excluding hydrogens is 417 g/mol. The van der Waals surface area contributed by atoms with E-state index in [-0.39, 0.29) is 17.1 Å². The number of aromatic nitrogens is 4. The van der Waals surface area contributed by atoms with Gasteiger partial charge in [-0.25, -0.2) is 19.3 Å². The number of aryl methyl sites for hydroxylation is 1. The van der Waals surface area contributed by atoms with Crippen molar-refractivity contribution in [3.63, 3.8) is 0 Å². The lowest BCUT2D eigenvalue weighted by atomic mass is 9.87. The summed E-state index contributed by atoms with van der Waals surface area (Å²) < 4.78 is 15.9. The Kier molecular flexibility index (Phi) is 4.03. The van der Waals surface area contributed by atoms with Gasteiger partial charge < -0.3 is 19.9 Å². The summed E-state index contributed by atoms with van der Waals surface area (Å²) in [4.78, 5) is 29.1. The summed E-state index contributed by atoms with van der Waals surface area (Å²) in [7, 11) is 0. The molecule has 2 fully saturated rings. The van der Waals surface area contributed by atoms with Crippen LogP contribution in [0.25, 0.3) is 16.0 Å². The third-order valence-corrected chi connectivity index (χ3v) is 7.06. The molecule has 0 radical (unpaired) electrons. The van der Waals surface area contributed by atoms with E-state index in [4.69, 9.17) is 4.98 Å². The molecule has 2 saturated heterocycles. The summed E-state index contributed by atoms with van der Waals surface area (Å²) in [6.45, 7) is 4.81. The first kappa shape index (κ1) is 18.6. The molecule has 10 heteroatoms. The number of halogens is 1. The third kappa shape index (κ3) is 3.14. The molecule has 0 aliphatic carbocycles. The van der Waals surface area contributed by atoms with Gasteiger partial charge in [0.25, 0.3) is 5.91 Å². The highest BCUT2D eigenvalue weighted by atomic mass is 32.1. The average Bonchev–Trinajstić information content (AvgIpc) is 3.42. The summed E-state index contributed by atoms with van der Waals surface area (Å²) in [5.41, 5.74) is 2.21. The van der Waals surface area contributed by atoms with Gasteiger partial charge in [0.15, 0.2) is 16.5 Å². The van der Waals surface area contributed by atoms with E-state index in [1.807, 2.05) is 12.1 Å². The number of nitrogens with one attached hydrogen (secondary N) is 2. The van der Waals surface area contributed by atoms with E-state index in [0.717, 1.165) is 36.7 Å². The molecule has 2 N–H and O–H groups in total. The molecule has 0 bridgehead atoms. The highest BCUT2D eigenvalue weighted by Gasteiger charge is 2.42. The minimum atomic E-state index is -0.495. The van der Waals surface area contributed by atoms with Crippen molar-refractivity contribution in [1.82, 2.24) is 24.7 Å². The van der Waals surface area contributed by atoms with E-state index in [1.54, 1.807) is 23.7 Å². The van der Waals surface area contributed by atoms with Crippen LogP contribution >= 0.6 is 11.3 Å². The van der Waals surface area contributed by atoms with E-state index in [1.165, 1.54) is 23.8 Å². The lowest BCUT2D eigenvalue weighted by Gasteiger charge is -2.39. The molecule has 1 amide bonds. The number of rotatable bonds is 3. The number of hydrogen-bond acceptors (Lipinski definition) is 7. The van der Waals surface area contributed by atoms with Crippen LogP contribution in [0.15, 0.2) is 30.6 Å². The number of pyridine rings is 2. The van der Waals surface area contributed by atoms with Crippen LogP contribution in [0.5, 0.6) is 0 Å². The summed E-state index contributed by atoms with van der Waals surface area (Å²) in [5, 5.41) is 6.57. The second kappa shape index (κ2) is 6.69. The fourth-order valence-electron chi connectivity index (χ4n) is 4.41. The van der Waals surface area contributed by atoms with Crippen molar-refractivity contribution in [3.05, 3.63) is 47.1 Å². The van der Waals surface area contributed by atoms with Crippen LogP contribution < -0.4 is 15.5 Å². The molecule has 1 atom stereocenters. The molecule has 2 aliphatic heterocycles. The number of imidazole rings is 1. The monoisotopic (exact) mass is 437 g/mol. The number of nitrogens with zero attached hydrogens (tertiary/aromatic N) is 5. The number of anilines is 2. The Bertz CT molecular complexity index is 1340. The molecule has 6 rings (SSSR count). The standard InChI is InChI=1S/C21H20FN7OS/c1-12-9-29-10-13(8-14(22)17(29)24-12)25-18(30)20-26-15-2-3-16(27-19(15)31-20)28-7-5-21(11-28)4-6-23-21/h2-3,8-10,23H,4-7,11H2,1H3,(H,25,30)/t21-/m0/s1. The molecule has 0 unspecified atom stereocenters. The molecule has 0 saturated carbocycles. The maximum absolute atomic E-state index is 14.3.